The van der Waals surface area contributed by atoms with Crippen LogP contribution in [0.5, 0.6) is 11.5 Å². The third-order valence-corrected chi connectivity index (χ3v) is 5.51. The van der Waals surface area contributed by atoms with Gasteiger partial charge in [0.1, 0.15) is 6.61 Å². The first-order chi connectivity index (χ1) is 16.8. The number of nitrogens with zero attached hydrogens (tertiary/aromatic N) is 3. The number of aliphatic imine (C=N–C) groups is 1. The molecule has 3 rings (SSSR count). The molecule has 2 aromatic carbocycles. The van der Waals surface area contributed by atoms with Crippen LogP contribution in [0.15, 0.2) is 47.1 Å². The van der Waals surface area contributed by atoms with Crippen molar-refractivity contribution in [3.8, 4) is 11.5 Å². The Morgan fingerprint density at radius 2 is 1.69 bits per heavy atom. The summed E-state index contributed by atoms with van der Waals surface area (Å²) >= 11 is 0. The minimum absolute atomic E-state index is 0.0665. The number of hydrogen-bond donors (Lipinski definition) is 0. The molecule has 0 atom stereocenters. The Kier molecular flexibility index (Phi) is 7.56. The van der Waals surface area contributed by atoms with Gasteiger partial charge in [-0.2, -0.15) is 26.3 Å². The molecule has 1 heterocycles. The molecule has 2 amide bonds. The molecular formula is C24H23F6N3O3. The number of halogens is 6. The van der Waals surface area contributed by atoms with Crippen molar-refractivity contribution in [1.82, 2.24) is 9.80 Å². The molecule has 0 radical (unpaired) electrons. The van der Waals surface area contributed by atoms with Gasteiger partial charge in [0.15, 0.2) is 17.3 Å². The Labute approximate surface area is 203 Å². The van der Waals surface area contributed by atoms with Gasteiger partial charge < -0.3 is 9.47 Å². The summed E-state index contributed by atoms with van der Waals surface area (Å²) < 4.78 is 89.7. The Morgan fingerprint density at radius 3 is 2.25 bits per heavy atom. The topological polar surface area (TPSA) is 54.4 Å². The molecule has 1 aliphatic rings. The van der Waals surface area contributed by atoms with Crippen molar-refractivity contribution in [3.63, 3.8) is 0 Å². The molecular weight excluding hydrogens is 492 g/mol. The molecule has 12 heteroatoms. The standard InChI is InChI=1S/C24H23F6N3O3/c1-5-33-21(31-2)18(32(3)22(33)34)10-14-6-9-19(20(11-14)35-4)36-13-15-7-8-16(23(25,26)27)12-17(15)24(28,29)30/h6-12H,5,13H2,1-4H3. The summed E-state index contributed by atoms with van der Waals surface area (Å²) in [7, 11) is 4.50. The van der Waals surface area contributed by atoms with E-state index in [-0.39, 0.29) is 23.6 Å². The Bertz CT molecular complexity index is 1200. The van der Waals surface area contributed by atoms with E-state index in [1.54, 1.807) is 32.3 Å². The van der Waals surface area contributed by atoms with E-state index < -0.39 is 35.6 Å². The van der Waals surface area contributed by atoms with Crippen LogP contribution in [0.25, 0.3) is 6.08 Å². The van der Waals surface area contributed by atoms with E-state index in [0.717, 1.165) is 6.07 Å². The third-order valence-electron chi connectivity index (χ3n) is 5.51. The second-order valence-corrected chi connectivity index (χ2v) is 7.73. The van der Waals surface area contributed by atoms with Crippen LogP contribution in [0.1, 0.15) is 29.2 Å². The maximum absolute atomic E-state index is 13.4. The monoisotopic (exact) mass is 515 g/mol. The van der Waals surface area contributed by atoms with Gasteiger partial charge in [0, 0.05) is 26.2 Å². The summed E-state index contributed by atoms with van der Waals surface area (Å²) in [6, 6.07) is 5.76. The zero-order valence-corrected chi connectivity index (χ0v) is 19.8. The van der Waals surface area contributed by atoms with Crippen LogP contribution >= 0.6 is 0 Å². The van der Waals surface area contributed by atoms with Crippen LogP contribution in [-0.4, -0.2) is 49.4 Å². The molecule has 1 saturated heterocycles. The highest BCUT2D eigenvalue weighted by atomic mass is 19.4. The molecule has 1 aliphatic heterocycles. The van der Waals surface area contributed by atoms with Gasteiger partial charge in [-0.3, -0.25) is 14.8 Å². The Hall–Kier alpha value is -3.70. The van der Waals surface area contributed by atoms with Gasteiger partial charge >= 0.3 is 18.4 Å². The molecule has 6 nitrogen and oxygen atoms in total. The number of hydrogen-bond acceptors (Lipinski definition) is 4. The molecule has 1 fully saturated rings. The van der Waals surface area contributed by atoms with Crippen LogP contribution in [0.3, 0.4) is 0 Å². The number of amidine groups is 1. The number of rotatable bonds is 6. The van der Waals surface area contributed by atoms with Crippen LogP contribution in [0.4, 0.5) is 31.1 Å². The van der Waals surface area contributed by atoms with E-state index in [2.05, 4.69) is 4.99 Å². The maximum Gasteiger partial charge on any atom is 0.416 e. The second-order valence-electron chi connectivity index (χ2n) is 7.73. The van der Waals surface area contributed by atoms with Crippen molar-refractivity contribution in [2.24, 2.45) is 4.99 Å². The number of amides is 2. The van der Waals surface area contributed by atoms with Crippen molar-refractivity contribution < 1.29 is 40.6 Å². The van der Waals surface area contributed by atoms with Crippen LogP contribution in [0.2, 0.25) is 0 Å². The van der Waals surface area contributed by atoms with E-state index in [9.17, 15) is 31.1 Å². The molecule has 194 valence electrons. The summed E-state index contributed by atoms with van der Waals surface area (Å²) in [5, 5.41) is 0. The molecule has 0 bridgehead atoms. The summed E-state index contributed by atoms with van der Waals surface area (Å²) in [4.78, 5) is 19.5. The van der Waals surface area contributed by atoms with E-state index in [0.29, 0.717) is 29.7 Å². The fourth-order valence-electron chi connectivity index (χ4n) is 3.69. The molecule has 36 heavy (non-hydrogen) atoms. The number of carbonyl (C=O) groups excluding carboxylic acids is 1. The zero-order valence-electron chi connectivity index (χ0n) is 19.8. The molecule has 0 saturated carbocycles. The minimum Gasteiger partial charge on any atom is -0.493 e. The summed E-state index contributed by atoms with van der Waals surface area (Å²) in [5.41, 5.74) is -2.16. The van der Waals surface area contributed by atoms with Gasteiger partial charge in [0.2, 0.25) is 0 Å². The third kappa shape index (κ3) is 5.42. The van der Waals surface area contributed by atoms with Crippen LogP contribution in [-0.2, 0) is 19.0 Å². The lowest BCUT2D eigenvalue weighted by Crippen LogP contribution is -2.31. The van der Waals surface area contributed by atoms with Gasteiger partial charge in [-0.15, -0.1) is 0 Å². The van der Waals surface area contributed by atoms with Gasteiger partial charge in [0.25, 0.3) is 0 Å². The average Bonchev–Trinajstić information content (AvgIpc) is 3.05. The predicted molar refractivity (Wildman–Crippen MR) is 121 cm³/mol. The number of benzene rings is 2. The highest BCUT2D eigenvalue weighted by molar-refractivity contribution is 6.16. The first kappa shape index (κ1) is 26.9. The van der Waals surface area contributed by atoms with E-state index in [4.69, 9.17) is 9.47 Å². The highest BCUT2D eigenvalue weighted by Crippen LogP contribution is 2.38. The number of urea groups is 1. The number of likely N-dealkylation sites (N-methyl/N-ethyl adjacent to an activating group) is 2. The molecule has 0 unspecified atom stereocenters. The van der Waals surface area contributed by atoms with Crippen LogP contribution in [0, 0.1) is 0 Å². The van der Waals surface area contributed by atoms with Crippen molar-refractivity contribution in [3.05, 3.63) is 64.3 Å². The first-order valence-electron chi connectivity index (χ1n) is 10.6. The number of alkyl halides is 6. The van der Waals surface area contributed by atoms with Crippen LogP contribution < -0.4 is 9.47 Å². The maximum atomic E-state index is 13.4. The number of carbonyl (C=O) groups is 1. The normalized spacial score (nSPS) is 16.9. The summed E-state index contributed by atoms with van der Waals surface area (Å²) in [6.45, 7) is 1.60. The fourth-order valence-corrected chi connectivity index (χ4v) is 3.69. The van der Waals surface area contributed by atoms with Crippen molar-refractivity contribution in [1.29, 1.82) is 0 Å². The molecule has 0 N–H and O–H groups in total. The molecule has 0 aromatic heterocycles. The van der Waals surface area contributed by atoms with Gasteiger partial charge in [-0.05, 0) is 42.8 Å². The summed E-state index contributed by atoms with van der Waals surface area (Å²) in [6.07, 6.45) is -8.23. The van der Waals surface area contributed by atoms with Gasteiger partial charge in [-0.25, -0.2) is 4.79 Å². The lowest BCUT2D eigenvalue weighted by atomic mass is 10.0. The lowest BCUT2D eigenvalue weighted by molar-refractivity contribution is -0.143. The second kappa shape index (κ2) is 10.1. The number of ether oxygens (including phenoxy) is 2. The van der Waals surface area contributed by atoms with Gasteiger partial charge in [-0.1, -0.05) is 12.1 Å². The molecule has 2 aromatic rings. The number of methoxy groups -OCH3 is 1. The first-order valence-corrected chi connectivity index (χ1v) is 10.6. The van der Waals surface area contributed by atoms with Crippen molar-refractivity contribution >= 4 is 17.9 Å². The smallest absolute Gasteiger partial charge is 0.416 e. The molecule has 0 aliphatic carbocycles. The SMILES string of the molecule is CCN1C(=O)N(C)C(=Cc2ccc(OCc3ccc(C(F)(F)F)cc3C(F)(F)F)c(OC)c2)C1=NC. The zero-order chi connectivity index (χ0) is 26.8. The van der Waals surface area contributed by atoms with Crippen molar-refractivity contribution in [2.75, 3.05) is 27.7 Å². The minimum atomic E-state index is -5.00. The van der Waals surface area contributed by atoms with Gasteiger partial charge in [0.05, 0.1) is 23.9 Å². The van der Waals surface area contributed by atoms with Crippen molar-refractivity contribution in [2.45, 2.75) is 25.9 Å². The van der Waals surface area contributed by atoms with E-state index >= 15 is 0 Å². The molecule has 0 spiro atoms. The Morgan fingerprint density at radius 1 is 1.00 bits per heavy atom. The largest absolute Gasteiger partial charge is 0.493 e. The fraction of sp³-hybridized carbons (Fsp3) is 0.333. The average molecular weight is 515 g/mol. The Balaban J connectivity index is 1.89. The van der Waals surface area contributed by atoms with E-state index in [1.807, 2.05) is 6.92 Å². The van der Waals surface area contributed by atoms with E-state index in [1.165, 1.54) is 23.0 Å². The summed E-state index contributed by atoms with van der Waals surface area (Å²) in [5.74, 6) is 0.744. The quantitative estimate of drug-likeness (QED) is 0.439. The lowest BCUT2D eigenvalue weighted by Gasteiger charge is -2.17. The predicted octanol–water partition coefficient (Wildman–Crippen LogP) is 6.07. The highest BCUT2D eigenvalue weighted by Gasteiger charge is 2.38.